The van der Waals surface area contributed by atoms with Crippen LogP contribution in [0.15, 0.2) is 47.5 Å². The topological polar surface area (TPSA) is 72.2 Å². The third-order valence-electron chi connectivity index (χ3n) is 2.29. The Labute approximate surface area is 128 Å². The van der Waals surface area contributed by atoms with Gasteiger partial charge in [-0.15, -0.1) is 8.78 Å². The van der Waals surface area contributed by atoms with Crippen molar-refractivity contribution in [1.29, 1.82) is 0 Å². The summed E-state index contributed by atoms with van der Waals surface area (Å²) in [6.07, 6.45) is 1.62. The first-order valence-electron chi connectivity index (χ1n) is 5.68. The molecule has 21 heavy (non-hydrogen) atoms. The van der Waals surface area contributed by atoms with Crippen molar-refractivity contribution in [2.75, 3.05) is 5.32 Å². The van der Waals surface area contributed by atoms with E-state index in [0.717, 1.165) is 4.90 Å². The van der Waals surface area contributed by atoms with Crippen LogP contribution in [0.3, 0.4) is 0 Å². The number of rotatable bonds is 6. The summed E-state index contributed by atoms with van der Waals surface area (Å²) < 4.78 is 29.2. The Morgan fingerprint density at radius 1 is 1.24 bits per heavy atom. The van der Waals surface area contributed by atoms with Gasteiger partial charge in [0, 0.05) is 23.5 Å². The summed E-state index contributed by atoms with van der Waals surface area (Å²) in [5.41, 5.74) is -3.08. The molecular weight excluding hydrogens is 322 g/mol. The number of halogens is 3. The van der Waals surface area contributed by atoms with Gasteiger partial charge in [-0.05, 0) is 48.3 Å². The van der Waals surface area contributed by atoms with Crippen LogP contribution in [0.1, 0.15) is 0 Å². The number of nitrogens with two attached hydrogens (primary N) is 1. The maximum Gasteiger partial charge on any atom is 0.487 e. The number of hydrazine groups is 1. The second-order valence-electron chi connectivity index (χ2n) is 3.77. The van der Waals surface area contributed by atoms with E-state index >= 15 is 0 Å². The average Bonchev–Trinajstić information content (AvgIpc) is 2.42. The van der Waals surface area contributed by atoms with Crippen molar-refractivity contribution >= 4 is 35.1 Å². The van der Waals surface area contributed by atoms with Crippen molar-refractivity contribution < 1.29 is 13.5 Å². The van der Waals surface area contributed by atoms with E-state index < -0.39 is 5.57 Å². The molecule has 0 bridgehead atoms. The first-order valence-corrected chi connectivity index (χ1v) is 6.88. The minimum atomic E-state index is -3.73. The number of hydrogen-bond donors (Lipinski definition) is 3. The highest BCUT2D eigenvalue weighted by Crippen LogP contribution is 2.28. The molecule has 0 aliphatic heterocycles. The largest absolute Gasteiger partial charge is 0.487 e. The predicted octanol–water partition coefficient (Wildman–Crippen LogP) is 3.46. The van der Waals surface area contributed by atoms with E-state index in [1.165, 1.54) is 24.1 Å². The predicted molar refractivity (Wildman–Crippen MR) is 78.6 cm³/mol. The summed E-state index contributed by atoms with van der Waals surface area (Å²) in [5, 5.41) is 3.04. The van der Waals surface area contributed by atoms with Crippen molar-refractivity contribution in [3.8, 4) is 5.75 Å². The third kappa shape index (κ3) is 5.01. The molecule has 0 saturated heterocycles. The third-order valence-corrected chi connectivity index (χ3v) is 3.03. The molecule has 0 atom stereocenters. The molecule has 0 spiro atoms. The molecule has 112 valence electrons. The summed E-state index contributed by atoms with van der Waals surface area (Å²) in [4.78, 5) is 7.42. The molecule has 2 rings (SSSR count). The SMILES string of the molecule is NNSc1cccnc1Nc1ccc(OC(F)(F)Cl)cc1. The van der Waals surface area contributed by atoms with Crippen molar-refractivity contribution in [2.45, 2.75) is 10.5 Å². The smallest absolute Gasteiger partial charge is 0.420 e. The Morgan fingerprint density at radius 3 is 2.57 bits per heavy atom. The maximum absolute atomic E-state index is 12.5. The molecule has 1 aromatic carbocycles. The van der Waals surface area contributed by atoms with Crippen LogP contribution in [0.5, 0.6) is 5.75 Å². The van der Waals surface area contributed by atoms with Crippen LogP contribution < -0.4 is 20.7 Å². The summed E-state index contributed by atoms with van der Waals surface area (Å²) in [6, 6.07) is 9.47. The highest BCUT2D eigenvalue weighted by molar-refractivity contribution is 7.97. The second kappa shape index (κ2) is 6.90. The van der Waals surface area contributed by atoms with Gasteiger partial charge in [-0.1, -0.05) is 0 Å². The first kappa shape index (κ1) is 15.8. The molecule has 0 fully saturated rings. The number of hydrogen-bond acceptors (Lipinski definition) is 6. The van der Waals surface area contributed by atoms with Crippen LogP contribution >= 0.6 is 23.5 Å². The Balaban J connectivity index is 2.10. The number of benzene rings is 1. The van der Waals surface area contributed by atoms with E-state index in [2.05, 4.69) is 19.9 Å². The molecule has 0 amide bonds. The Kier molecular flexibility index (Phi) is 5.18. The zero-order chi connectivity index (χ0) is 15.3. The van der Waals surface area contributed by atoms with E-state index in [4.69, 9.17) is 17.4 Å². The van der Waals surface area contributed by atoms with E-state index in [-0.39, 0.29) is 5.75 Å². The number of nitrogens with one attached hydrogen (secondary N) is 2. The molecule has 0 unspecified atom stereocenters. The highest BCUT2D eigenvalue weighted by atomic mass is 35.5. The first-order chi connectivity index (χ1) is 9.98. The normalized spacial score (nSPS) is 11.2. The standard InChI is InChI=1S/C12H11ClF2N4OS/c13-12(14,15)20-9-5-3-8(4-6-9)18-11-10(21-19-16)2-1-7-17-11/h1-7,19H,16H2,(H,17,18). The van der Waals surface area contributed by atoms with Crippen molar-refractivity contribution in [3.05, 3.63) is 42.6 Å². The van der Waals surface area contributed by atoms with Crippen molar-refractivity contribution in [2.24, 2.45) is 5.84 Å². The molecule has 1 aromatic heterocycles. The minimum absolute atomic E-state index is 0.0419. The van der Waals surface area contributed by atoms with Crippen LogP contribution in [0.25, 0.3) is 0 Å². The van der Waals surface area contributed by atoms with Gasteiger partial charge in [0.15, 0.2) is 0 Å². The second-order valence-corrected chi connectivity index (χ2v) is 5.09. The van der Waals surface area contributed by atoms with Gasteiger partial charge in [0.1, 0.15) is 11.6 Å². The zero-order valence-electron chi connectivity index (χ0n) is 10.5. The van der Waals surface area contributed by atoms with Crippen LogP contribution in [-0.2, 0) is 0 Å². The number of alkyl halides is 3. The van der Waals surface area contributed by atoms with Gasteiger partial charge in [0.05, 0.1) is 4.90 Å². The zero-order valence-corrected chi connectivity index (χ0v) is 12.1. The fourth-order valence-corrected chi connectivity index (χ4v) is 2.07. The van der Waals surface area contributed by atoms with E-state index in [1.54, 1.807) is 24.4 Å². The molecule has 2 aromatic rings. The maximum atomic E-state index is 12.5. The van der Waals surface area contributed by atoms with E-state index in [9.17, 15) is 8.78 Å². The van der Waals surface area contributed by atoms with Crippen molar-refractivity contribution in [1.82, 2.24) is 9.82 Å². The average molecular weight is 333 g/mol. The lowest BCUT2D eigenvalue weighted by molar-refractivity contribution is -0.0964. The van der Waals surface area contributed by atoms with Gasteiger partial charge in [-0.2, -0.15) is 4.83 Å². The summed E-state index contributed by atoms with van der Waals surface area (Å²) in [6.45, 7) is 0. The van der Waals surface area contributed by atoms with Gasteiger partial charge < -0.3 is 10.1 Å². The van der Waals surface area contributed by atoms with Crippen molar-refractivity contribution in [3.63, 3.8) is 0 Å². The quantitative estimate of drug-likeness (QED) is 0.326. The minimum Gasteiger partial charge on any atom is -0.420 e. The number of anilines is 2. The number of nitrogens with zero attached hydrogens (tertiary/aromatic N) is 1. The molecule has 5 nitrogen and oxygen atoms in total. The van der Waals surface area contributed by atoms with E-state index in [0.29, 0.717) is 11.5 Å². The van der Waals surface area contributed by atoms with Gasteiger partial charge in [0.25, 0.3) is 0 Å². The van der Waals surface area contributed by atoms with Crippen LogP contribution in [0.2, 0.25) is 0 Å². The molecule has 0 aliphatic rings. The van der Waals surface area contributed by atoms with Crippen LogP contribution in [-0.4, -0.2) is 10.6 Å². The molecule has 1 heterocycles. The lowest BCUT2D eigenvalue weighted by Gasteiger charge is -2.12. The number of pyridine rings is 1. The Morgan fingerprint density at radius 2 is 1.95 bits per heavy atom. The summed E-state index contributed by atoms with van der Waals surface area (Å²) >= 11 is 5.88. The fraction of sp³-hybridized carbons (Fsp3) is 0.0833. The molecule has 0 radical (unpaired) electrons. The number of aromatic nitrogens is 1. The molecular formula is C12H11ClF2N4OS. The Bertz CT molecular complexity index is 595. The summed E-state index contributed by atoms with van der Waals surface area (Å²) in [5.74, 6) is 5.80. The fourth-order valence-electron chi connectivity index (χ4n) is 1.51. The summed E-state index contributed by atoms with van der Waals surface area (Å²) in [7, 11) is 0. The van der Waals surface area contributed by atoms with Crippen LogP contribution in [0.4, 0.5) is 20.3 Å². The van der Waals surface area contributed by atoms with E-state index in [1.807, 2.05) is 6.07 Å². The van der Waals surface area contributed by atoms with Gasteiger partial charge >= 0.3 is 5.57 Å². The van der Waals surface area contributed by atoms with Gasteiger partial charge in [-0.3, -0.25) is 5.84 Å². The lowest BCUT2D eigenvalue weighted by atomic mass is 10.3. The number of ether oxygens (including phenoxy) is 1. The lowest BCUT2D eigenvalue weighted by Crippen LogP contribution is -2.15. The monoisotopic (exact) mass is 332 g/mol. The molecule has 0 aliphatic carbocycles. The van der Waals surface area contributed by atoms with Gasteiger partial charge in [-0.25, -0.2) is 4.98 Å². The molecule has 4 N–H and O–H groups in total. The Hall–Kier alpha value is -1.61. The van der Waals surface area contributed by atoms with Gasteiger partial charge in [0.2, 0.25) is 0 Å². The van der Waals surface area contributed by atoms with Crippen LogP contribution in [0, 0.1) is 0 Å². The highest BCUT2D eigenvalue weighted by Gasteiger charge is 2.27. The molecule has 0 saturated carbocycles. The molecule has 9 heteroatoms.